The molecule has 2 saturated carbocycles. The molecule has 0 bridgehead atoms. The van der Waals surface area contributed by atoms with Crippen LogP contribution in [0.25, 0.3) is 0 Å². The number of hydrogen-bond acceptors (Lipinski definition) is 2. The van der Waals surface area contributed by atoms with E-state index in [1.54, 1.807) is 11.1 Å². The van der Waals surface area contributed by atoms with Gasteiger partial charge in [-0.3, -0.25) is 9.59 Å². The van der Waals surface area contributed by atoms with E-state index in [4.69, 9.17) is 0 Å². The second kappa shape index (κ2) is 4.30. The molecule has 0 aromatic heterocycles. The van der Waals surface area contributed by atoms with Crippen molar-refractivity contribution in [3.05, 3.63) is 11.1 Å². The summed E-state index contributed by atoms with van der Waals surface area (Å²) in [6, 6.07) is 0. The molecule has 0 unspecified atom stereocenters. The first-order valence-electron chi connectivity index (χ1n) is 8.72. The molecular weight excluding hydrogens is 260 g/mol. The molecule has 4 aliphatic rings. The Morgan fingerprint density at radius 1 is 0.905 bits per heavy atom. The Labute approximate surface area is 127 Å². The number of carbonyl (C=O) groups is 2. The average molecular weight is 286 g/mol. The molecule has 4 aliphatic carbocycles. The van der Waals surface area contributed by atoms with Gasteiger partial charge in [-0.15, -0.1) is 0 Å². The third kappa shape index (κ3) is 1.71. The van der Waals surface area contributed by atoms with Crippen molar-refractivity contribution in [2.75, 3.05) is 0 Å². The summed E-state index contributed by atoms with van der Waals surface area (Å²) in [5.74, 6) is 2.06. The number of ketones is 2. The number of rotatable bonds is 0. The minimum atomic E-state index is -0.0630. The molecular formula is C19H26O2. The van der Waals surface area contributed by atoms with E-state index in [0.717, 1.165) is 51.4 Å². The minimum absolute atomic E-state index is 0.0630. The molecule has 4 rings (SSSR count). The zero-order chi connectivity index (χ0) is 14.8. The van der Waals surface area contributed by atoms with Gasteiger partial charge < -0.3 is 0 Å². The highest BCUT2D eigenvalue weighted by Gasteiger charge is 2.54. The van der Waals surface area contributed by atoms with Crippen molar-refractivity contribution in [2.45, 2.75) is 71.6 Å². The Bertz CT molecular complexity index is 558. The number of allylic oxidation sites excluding steroid dienone is 2. The SMILES string of the molecule is C[C@@]12CCC(=O)C[C@H]1CCC1=C2CC[C@]2(C)C(=O)CC[C@H]12. The third-order valence-electron chi connectivity index (χ3n) is 7.52. The van der Waals surface area contributed by atoms with Gasteiger partial charge in [-0.2, -0.15) is 0 Å². The molecule has 2 heteroatoms. The molecule has 0 aliphatic heterocycles. The largest absolute Gasteiger partial charge is 0.300 e. The summed E-state index contributed by atoms with van der Waals surface area (Å²) in [6.45, 7) is 4.63. The minimum Gasteiger partial charge on any atom is -0.300 e. The molecule has 2 fully saturated rings. The van der Waals surface area contributed by atoms with Crippen LogP contribution in [0.4, 0.5) is 0 Å². The smallest absolute Gasteiger partial charge is 0.139 e. The normalized spacial score (nSPS) is 46.2. The van der Waals surface area contributed by atoms with E-state index in [9.17, 15) is 9.59 Å². The van der Waals surface area contributed by atoms with E-state index in [0.29, 0.717) is 23.4 Å². The van der Waals surface area contributed by atoms with E-state index in [2.05, 4.69) is 13.8 Å². The summed E-state index contributed by atoms with van der Waals surface area (Å²) < 4.78 is 0. The van der Waals surface area contributed by atoms with Crippen molar-refractivity contribution < 1.29 is 9.59 Å². The second-order valence-corrected chi connectivity index (χ2v) is 8.33. The van der Waals surface area contributed by atoms with Crippen LogP contribution in [0.3, 0.4) is 0 Å². The predicted molar refractivity (Wildman–Crippen MR) is 81.8 cm³/mol. The number of fused-ring (bicyclic) bond motifs is 4. The van der Waals surface area contributed by atoms with E-state index < -0.39 is 0 Å². The van der Waals surface area contributed by atoms with Crippen LogP contribution in [-0.2, 0) is 9.59 Å². The molecule has 0 heterocycles. The van der Waals surface area contributed by atoms with Crippen LogP contribution >= 0.6 is 0 Å². The van der Waals surface area contributed by atoms with Gasteiger partial charge in [-0.25, -0.2) is 0 Å². The lowest BCUT2D eigenvalue weighted by molar-refractivity contribution is -0.126. The van der Waals surface area contributed by atoms with Crippen molar-refractivity contribution >= 4 is 11.6 Å². The fourth-order valence-electron chi connectivity index (χ4n) is 6.03. The lowest BCUT2D eigenvalue weighted by Gasteiger charge is -2.52. The van der Waals surface area contributed by atoms with Gasteiger partial charge in [0.1, 0.15) is 11.6 Å². The predicted octanol–water partition coefficient (Wildman–Crippen LogP) is 4.23. The van der Waals surface area contributed by atoms with Gasteiger partial charge in [0, 0.05) is 24.7 Å². The highest BCUT2D eigenvalue weighted by Crippen LogP contribution is 2.62. The third-order valence-corrected chi connectivity index (χ3v) is 7.52. The summed E-state index contributed by atoms with van der Waals surface area (Å²) in [4.78, 5) is 24.2. The highest BCUT2D eigenvalue weighted by molar-refractivity contribution is 5.88. The molecule has 0 aromatic rings. The standard InChI is InChI=1S/C19H26O2/c1-18-9-7-13(20)11-12(18)3-4-14-15-5-6-17(21)19(15,2)10-8-16(14)18/h12,15H,3-11H2,1-2H3/t12-,15-,18-,19+/m1/s1. The van der Waals surface area contributed by atoms with E-state index in [1.165, 1.54) is 6.42 Å². The summed E-state index contributed by atoms with van der Waals surface area (Å²) in [5.41, 5.74) is 3.51. The second-order valence-electron chi connectivity index (χ2n) is 8.33. The van der Waals surface area contributed by atoms with Crippen LogP contribution in [0.15, 0.2) is 11.1 Å². The summed E-state index contributed by atoms with van der Waals surface area (Å²) in [6.07, 6.45) is 8.95. The molecule has 0 radical (unpaired) electrons. The average Bonchev–Trinajstić information content (AvgIpc) is 2.76. The van der Waals surface area contributed by atoms with Crippen molar-refractivity contribution in [3.8, 4) is 0 Å². The van der Waals surface area contributed by atoms with Crippen LogP contribution in [0.1, 0.15) is 71.6 Å². The van der Waals surface area contributed by atoms with E-state index in [-0.39, 0.29) is 10.8 Å². The van der Waals surface area contributed by atoms with Crippen LogP contribution < -0.4 is 0 Å². The number of carbonyl (C=O) groups excluding carboxylic acids is 2. The molecule has 21 heavy (non-hydrogen) atoms. The number of hydrogen-bond donors (Lipinski definition) is 0. The highest BCUT2D eigenvalue weighted by atomic mass is 16.1. The zero-order valence-corrected chi connectivity index (χ0v) is 13.3. The topological polar surface area (TPSA) is 34.1 Å². The fourth-order valence-corrected chi connectivity index (χ4v) is 6.03. The van der Waals surface area contributed by atoms with Gasteiger partial charge in [-0.1, -0.05) is 25.0 Å². The summed E-state index contributed by atoms with van der Waals surface area (Å²) in [7, 11) is 0. The maximum Gasteiger partial charge on any atom is 0.139 e. The van der Waals surface area contributed by atoms with Crippen LogP contribution in [0.2, 0.25) is 0 Å². The van der Waals surface area contributed by atoms with Gasteiger partial charge in [0.05, 0.1) is 0 Å². The molecule has 0 saturated heterocycles. The first-order chi connectivity index (χ1) is 9.95. The summed E-state index contributed by atoms with van der Waals surface area (Å²) >= 11 is 0. The van der Waals surface area contributed by atoms with E-state index in [1.807, 2.05) is 0 Å². The van der Waals surface area contributed by atoms with Crippen molar-refractivity contribution in [1.29, 1.82) is 0 Å². The quantitative estimate of drug-likeness (QED) is 0.624. The Morgan fingerprint density at radius 3 is 2.48 bits per heavy atom. The van der Waals surface area contributed by atoms with Crippen molar-refractivity contribution in [1.82, 2.24) is 0 Å². The molecule has 0 N–H and O–H groups in total. The molecule has 0 aromatic carbocycles. The van der Waals surface area contributed by atoms with Gasteiger partial charge in [-0.05, 0) is 55.8 Å². The van der Waals surface area contributed by atoms with Gasteiger partial charge in [0.25, 0.3) is 0 Å². The Hall–Kier alpha value is -0.920. The molecule has 2 nitrogen and oxygen atoms in total. The lowest BCUT2D eigenvalue weighted by atomic mass is 9.52. The van der Waals surface area contributed by atoms with Gasteiger partial charge in [0.2, 0.25) is 0 Å². The molecule has 114 valence electrons. The molecule has 4 atom stereocenters. The maximum absolute atomic E-state index is 12.3. The fraction of sp³-hybridized carbons (Fsp3) is 0.789. The van der Waals surface area contributed by atoms with Crippen LogP contribution in [0.5, 0.6) is 0 Å². The Kier molecular flexibility index (Phi) is 2.81. The van der Waals surface area contributed by atoms with Gasteiger partial charge >= 0.3 is 0 Å². The van der Waals surface area contributed by atoms with Crippen LogP contribution in [-0.4, -0.2) is 11.6 Å². The zero-order valence-electron chi connectivity index (χ0n) is 13.3. The van der Waals surface area contributed by atoms with Crippen molar-refractivity contribution in [2.24, 2.45) is 22.7 Å². The van der Waals surface area contributed by atoms with Crippen molar-refractivity contribution in [3.63, 3.8) is 0 Å². The van der Waals surface area contributed by atoms with Crippen LogP contribution in [0, 0.1) is 22.7 Å². The molecule has 0 amide bonds. The monoisotopic (exact) mass is 286 g/mol. The lowest BCUT2D eigenvalue weighted by Crippen LogP contribution is -2.44. The summed E-state index contributed by atoms with van der Waals surface area (Å²) in [5, 5.41) is 0. The first-order valence-corrected chi connectivity index (χ1v) is 8.72. The maximum atomic E-state index is 12.3. The van der Waals surface area contributed by atoms with Gasteiger partial charge in [0.15, 0.2) is 0 Å². The first kappa shape index (κ1) is 13.7. The Morgan fingerprint density at radius 2 is 1.67 bits per heavy atom. The Balaban J connectivity index is 1.76. The molecule has 0 spiro atoms. The van der Waals surface area contributed by atoms with E-state index >= 15 is 0 Å². The number of Topliss-reactive ketones (excluding diaryl/α,β-unsaturated/α-hetero) is 2.